The summed E-state index contributed by atoms with van der Waals surface area (Å²) >= 11 is 1.79. The molecule has 0 atom stereocenters. The van der Waals surface area contributed by atoms with E-state index >= 15 is 0 Å². The zero-order valence-electron chi connectivity index (χ0n) is 12.6. The van der Waals surface area contributed by atoms with Gasteiger partial charge < -0.3 is 10.1 Å². The van der Waals surface area contributed by atoms with Crippen molar-refractivity contribution in [3.63, 3.8) is 0 Å². The van der Waals surface area contributed by atoms with Crippen LogP contribution in [-0.2, 0) is 18.5 Å². The minimum atomic E-state index is 0.138. The second-order valence-electron chi connectivity index (χ2n) is 5.83. The van der Waals surface area contributed by atoms with Gasteiger partial charge in [0, 0.05) is 29.6 Å². The average Bonchev–Trinajstić information content (AvgIpc) is 2.88. The van der Waals surface area contributed by atoms with Crippen molar-refractivity contribution in [2.45, 2.75) is 39.3 Å². The SMILES string of the molecule is COc1ccc(CNCc2cnc(C(C)(C)C)s2)cc1. The first kappa shape index (κ1) is 15.0. The normalized spacial score (nSPS) is 11.6. The lowest BCUT2D eigenvalue weighted by Crippen LogP contribution is -2.11. The summed E-state index contributed by atoms with van der Waals surface area (Å²) in [6, 6.07) is 8.14. The minimum Gasteiger partial charge on any atom is -0.497 e. The van der Waals surface area contributed by atoms with E-state index in [-0.39, 0.29) is 5.41 Å². The Labute approximate surface area is 125 Å². The molecule has 1 N–H and O–H groups in total. The van der Waals surface area contributed by atoms with E-state index in [4.69, 9.17) is 4.74 Å². The Balaban J connectivity index is 1.84. The number of nitrogens with zero attached hydrogens (tertiary/aromatic N) is 1. The number of rotatable bonds is 5. The van der Waals surface area contributed by atoms with Crippen LogP contribution in [0.3, 0.4) is 0 Å². The average molecular weight is 290 g/mol. The zero-order valence-corrected chi connectivity index (χ0v) is 13.4. The van der Waals surface area contributed by atoms with Crippen LogP contribution in [0.25, 0.3) is 0 Å². The van der Waals surface area contributed by atoms with Crippen molar-refractivity contribution in [2.75, 3.05) is 7.11 Å². The number of methoxy groups -OCH3 is 1. The molecule has 0 saturated carbocycles. The number of hydrogen-bond acceptors (Lipinski definition) is 4. The molecule has 108 valence electrons. The van der Waals surface area contributed by atoms with Gasteiger partial charge in [0.1, 0.15) is 5.75 Å². The number of benzene rings is 1. The van der Waals surface area contributed by atoms with E-state index < -0.39 is 0 Å². The lowest BCUT2D eigenvalue weighted by Gasteiger charge is -2.13. The summed E-state index contributed by atoms with van der Waals surface area (Å²) < 4.78 is 5.15. The van der Waals surface area contributed by atoms with Crippen LogP contribution in [-0.4, -0.2) is 12.1 Å². The van der Waals surface area contributed by atoms with Gasteiger partial charge in [-0.05, 0) is 17.7 Å². The molecule has 4 heteroatoms. The number of thiazole rings is 1. The first-order valence-corrected chi connectivity index (χ1v) is 7.59. The van der Waals surface area contributed by atoms with E-state index in [1.165, 1.54) is 15.4 Å². The van der Waals surface area contributed by atoms with E-state index in [1.54, 1.807) is 18.4 Å². The third-order valence-electron chi connectivity index (χ3n) is 2.98. The highest BCUT2D eigenvalue weighted by Crippen LogP contribution is 2.26. The highest BCUT2D eigenvalue weighted by molar-refractivity contribution is 7.11. The smallest absolute Gasteiger partial charge is 0.118 e. The largest absolute Gasteiger partial charge is 0.497 e. The molecular weight excluding hydrogens is 268 g/mol. The van der Waals surface area contributed by atoms with Crippen molar-refractivity contribution >= 4 is 11.3 Å². The van der Waals surface area contributed by atoms with Gasteiger partial charge in [-0.2, -0.15) is 0 Å². The van der Waals surface area contributed by atoms with Gasteiger partial charge in [-0.1, -0.05) is 32.9 Å². The molecule has 0 spiro atoms. The van der Waals surface area contributed by atoms with Gasteiger partial charge in [-0.3, -0.25) is 0 Å². The molecule has 0 aliphatic carbocycles. The number of ether oxygens (including phenoxy) is 1. The molecule has 0 aliphatic heterocycles. The molecule has 1 aromatic carbocycles. The summed E-state index contributed by atoms with van der Waals surface area (Å²) in [6.45, 7) is 8.30. The van der Waals surface area contributed by atoms with Gasteiger partial charge in [0.2, 0.25) is 0 Å². The standard InChI is InChI=1S/C16H22N2OS/c1-16(2,3)15-18-11-14(20-15)10-17-9-12-5-7-13(19-4)8-6-12/h5-8,11,17H,9-10H2,1-4H3. The van der Waals surface area contributed by atoms with Gasteiger partial charge in [0.15, 0.2) is 0 Å². The third kappa shape index (κ3) is 4.05. The maximum atomic E-state index is 5.15. The van der Waals surface area contributed by atoms with Crippen LogP contribution in [0.15, 0.2) is 30.5 Å². The number of nitrogens with one attached hydrogen (secondary N) is 1. The van der Waals surface area contributed by atoms with Crippen molar-refractivity contribution in [1.82, 2.24) is 10.3 Å². The maximum Gasteiger partial charge on any atom is 0.118 e. The number of aromatic nitrogens is 1. The Morgan fingerprint density at radius 1 is 1.15 bits per heavy atom. The second-order valence-corrected chi connectivity index (χ2v) is 6.95. The van der Waals surface area contributed by atoms with Crippen LogP contribution in [0.4, 0.5) is 0 Å². The van der Waals surface area contributed by atoms with Gasteiger partial charge >= 0.3 is 0 Å². The van der Waals surface area contributed by atoms with Crippen LogP contribution in [0, 0.1) is 0 Å². The summed E-state index contributed by atoms with van der Waals surface area (Å²) in [4.78, 5) is 5.78. The molecular formula is C16H22N2OS. The fourth-order valence-corrected chi connectivity index (χ4v) is 2.75. The molecule has 0 amide bonds. The van der Waals surface area contributed by atoms with E-state index in [2.05, 4.69) is 43.2 Å². The van der Waals surface area contributed by atoms with Crippen molar-refractivity contribution < 1.29 is 4.74 Å². The summed E-state index contributed by atoms with van der Waals surface area (Å²) in [7, 11) is 1.68. The molecule has 2 rings (SSSR count). The summed E-state index contributed by atoms with van der Waals surface area (Å²) in [5, 5.41) is 4.64. The summed E-state index contributed by atoms with van der Waals surface area (Å²) in [5.41, 5.74) is 1.39. The minimum absolute atomic E-state index is 0.138. The fourth-order valence-electron chi connectivity index (χ4n) is 1.81. The third-order valence-corrected chi connectivity index (χ3v) is 4.41. The fraction of sp³-hybridized carbons (Fsp3) is 0.438. The molecule has 20 heavy (non-hydrogen) atoms. The zero-order chi connectivity index (χ0) is 14.6. The monoisotopic (exact) mass is 290 g/mol. The Morgan fingerprint density at radius 3 is 2.40 bits per heavy atom. The Bertz CT molecular complexity index is 540. The van der Waals surface area contributed by atoms with Crippen molar-refractivity contribution in [3.8, 4) is 5.75 Å². The molecule has 2 aromatic rings. The predicted molar refractivity (Wildman–Crippen MR) is 84.4 cm³/mol. The van der Waals surface area contributed by atoms with E-state index in [0.29, 0.717) is 0 Å². The van der Waals surface area contributed by atoms with Gasteiger partial charge in [0.05, 0.1) is 12.1 Å². The molecule has 3 nitrogen and oxygen atoms in total. The number of hydrogen-bond donors (Lipinski definition) is 1. The second kappa shape index (κ2) is 6.37. The van der Waals surface area contributed by atoms with Crippen molar-refractivity contribution in [3.05, 3.63) is 45.9 Å². The lowest BCUT2D eigenvalue weighted by molar-refractivity contribution is 0.414. The Hall–Kier alpha value is -1.39. The summed E-state index contributed by atoms with van der Waals surface area (Å²) in [5.74, 6) is 0.894. The van der Waals surface area contributed by atoms with Gasteiger partial charge in [-0.15, -0.1) is 11.3 Å². The van der Waals surface area contributed by atoms with Crippen LogP contribution < -0.4 is 10.1 Å². The van der Waals surface area contributed by atoms with Crippen LogP contribution in [0.5, 0.6) is 5.75 Å². The first-order chi connectivity index (χ1) is 9.49. The molecule has 0 fully saturated rings. The van der Waals surface area contributed by atoms with E-state index in [1.807, 2.05) is 18.3 Å². The quantitative estimate of drug-likeness (QED) is 0.911. The van der Waals surface area contributed by atoms with Crippen LogP contribution in [0.2, 0.25) is 0 Å². The molecule has 0 unspecified atom stereocenters. The summed E-state index contributed by atoms with van der Waals surface area (Å²) in [6.07, 6.45) is 1.98. The van der Waals surface area contributed by atoms with Crippen molar-refractivity contribution in [2.24, 2.45) is 0 Å². The topological polar surface area (TPSA) is 34.1 Å². The lowest BCUT2D eigenvalue weighted by atomic mass is 9.98. The van der Waals surface area contributed by atoms with Crippen molar-refractivity contribution in [1.29, 1.82) is 0 Å². The van der Waals surface area contributed by atoms with Gasteiger partial charge in [-0.25, -0.2) is 4.98 Å². The van der Waals surface area contributed by atoms with Crippen LogP contribution >= 0.6 is 11.3 Å². The van der Waals surface area contributed by atoms with E-state index in [0.717, 1.165) is 18.8 Å². The predicted octanol–water partition coefficient (Wildman–Crippen LogP) is 3.74. The first-order valence-electron chi connectivity index (χ1n) is 6.78. The molecule has 0 saturated heterocycles. The molecule has 0 bridgehead atoms. The Kier molecular flexibility index (Phi) is 4.78. The maximum absolute atomic E-state index is 5.15. The molecule has 1 heterocycles. The highest BCUT2D eigenvalue weighted by Gasteiger charge is 2.17. The highest BCUT2D eigenvalue weighted by atomic mass is 32.1. The van der Waals surface area contributed by atoms with Crippen LogP contribution in [0.1, 0.15) is 36.2 Å². The Morgan fingerprint density at radius 2 is 1.85 bits per heavy atom. The van der Waals surface area contributed by atoms with Gasteiger partial charge in [0.25, 0.3) is 0 Å². The molecule has 0 aliphatic rings. The van der Waals surface area contributed by atoms with E-state index in [9.17, 15) is 0 Å². The molecule has 0 radical (unpaired) electrons. The molecule has 1 aromatic heterocycles.